The van der Waals surface area contributed by atoms with Crippen molar-refractivity contribution in [1.29, 1.82) is 0 Å². The lowest BCUT2D eigenvalue weighted by Crippen LogP contribution is -2.50. The third-order valence-electron chi connectivity index (χ3n) is 11.8. The standard InChI is InChI=1S/C40H52O3/c41-35-24-21-32(22-25-35)36-27-30-18-19-33-20-23-34-16-9-10-26-40(34,38(33)28-30)37(39(42)43)17-8-7-15-31(36)14-4-2-1-3-11-29-12-5-6-13-29/h5,7-8,12,18-19,21-22,24-25,28-29,31,34,36-37,41H,1-4,6,9-11,13-17,20,23,26-27H2,(H,42,43). The lowest BCUT2D eigenvalue weighted by atomic mass is 9.51. The summed E-state index contributed by atoms with van der Waals surface area (Å²) in [5, 5.41) is 20.8. The quantitative estimate of drug-likeness (QED) is 0.229. The first-order chi connectivity index (χ1) is 21.0. The fourth-order valence-electron chi connectivity index (χ4n) is 9.56. The molecule has 0 amide bonds. The molecule has 0 radical (unpaired) electrons. The number of phenols is 1. The Bertz CT molecular complexity index is 1290. The molecule has 6 rings (SSSR count). The normalized spacial score (nSPS) is 30.3. The highest BCUT2D eigenvalue weighted by Gasteiger charge is 2.52. The fraction of sp³-hybridized carbons (Fsp3) is 0.575. The highest BCUT2D eigenvalue weighted by atomic mass is 16.4. The molecule has 6 atom stereocenters. The highest BCUT2D eigenvalue weighted by molar-refractivity contribution is 5.73. The van der Waals surface area contributed by atoms with Crippen LogP contribution in [0.3, 0.4) is 0 Å². The molecule has 3 nitrogen and oxygen atoms in total. The molecule has 2 aromatic carbocycles. The molecule has 0 aromatic heterocycles. The number of phenolic OH excluding ortho intramolecular Hbond substituents is 1. The van der Waals surface area contributed by atoms with Crippen molar-refractivity contribution in [2.75, 3.05) is 0 Å². The maximum absolute atomic E-state index is 13.0. The number of fused-ring (bicyclic) bond motifs is 1. The monoisotopic (exact) mass is 580 g/mol. The minimum atomic E-state index is -0.613. The zero-order chi connectivity index (χ0) is 29.6. The van der Waals surface area contributed by atoms with Gasteiger partial charge in [0.1, 0.15) is 5.75 Å². The van der Waals surface area contributed by atoms with Crippen molar-refractivity contribution in [1.82, 2.24) is 0 Å². The first kappa shape index (κ1) is 30.2. The molecule has 2 aromatic rings. The molecule has 4 aliphatic carbocycles. The SMILES string of the molecule is O=C(O)C1CC=CCC(CCCCCCC2C=CCC2)C(c2ccc(O)cc2)Cc2ccc3c(c2)C12CCCCC2CC3. The smallest absolute Gasteiger partial charge is 0.307 e. The van der Waals surface area contributed by atoms with Crippen molar-refractivity contribution < 1.29 is 15.0 Å². The lowest BCUT2D eigenvalue weighted by Gasteiger charge is -2.52. The van der Waals surface area contributed by atoms with E-state index < -0.39 is 5.97 Å². The summed E-state index contributed by atoms with van der Waals surface area (Å²) in [6.07, 6.45) is 28.9. The fourth-order valence-corrected chi connectivity index (χ4v) is 9.56. The van der Waals surface area contributed by atoms with Gasteiger partial charge in [0.15, 0.2) is 0 Å². The number of allylic oxidation sites excluding steroid dienone is 4. The van der Waals surface area contributed by atoms with Crippen molar-refractivity contribution >= 4 is 5.97 Å². The van der Waals surface area contributed by atoms with Crippen LogP contribution in [-0.4, -0.2) is 16.2 Å². The molecule has 0 aliphatic heterocycles. The van der Waals surface area contributed by atoms with Crippen LogP contribution in [0, 0.1) is 23.7 Å². The Hall–Kier alpha value is -2.81. The van der Waals surface area contributed by atoms with Crippen molar-refractivity contribution in [3.8, 4) is 5.75 Å². The molecular formula is C40H52O3. The van der Waals surface area contributed by atoms with E-state index >= 15 is 0 Å². The van der Waals surface area contributed by atoms with Gasteiger partial charge in [0.05, 0.1) is 5.92 Å². The maximum atomic E-state index is 13.0. The van der Waals surface area contributed by atoms with Crippen LogP contribution in [0.1, 0.15) is 124 Å². The van der Waals surface area contributed by atoms with Crippen LogP contribution in [-0.2, 0) is 23.1 Å². The molecule has 0 saturated heterocycles. The van der Waals surface area contributed by atoms with Gasteiger partial charge in [0.2, 0.25) is 0 Å². The van der Waals surface area contributed by atoms with Crippen LogP contribution in [0.15, 0.2) is 66.8 Å². The molecule has 2 N–H and O–H groups in total. The lowest BCUT2D eigenvalue weighted by molar-refractivity contribution is -0.146. The van der Waals surface area contributed by atoms with Gasteiger partial charge in [-0.15, -0.1) is 0 Å². The molecule has 0 heterocycles. The van der Waals surface area contributed by atoms with E-state index in [9.17, 15) is 15.0 Å². The molecule has 43 heavy (non-hydrogen) atoms. The minimum Gasteiger partial charge on any atom is -0.508 e. The number of carboxylic acids is 1. The molecular weight excluding hydrogens is 528 g/mol. The van der Waals surface area contributed by atoms with Crippen LogP contribution in [0.4, 0.5) is 0 Å². The van der Waals surface area contributed by atoms with E-state index in [1.807, 2.05) is 12.1 Å². The third-order valence-corrected chi connectivity index (χ3v) is 11.8. The number of hydrogen-bond donors (Lipinski definition) is 2. The topological polar surface area (TPSA) is 57.5 Å². The first-order valence-electron chi connectivity index (χ1n) is 17.5. The Kier molecular flexibility index (Phi) is 9.75. The van der Waals surface area contributed by atoms with E-state index in [4.69, 9.17) is 0 Å². The Morgan fingerprint density at radius 2 is 1.67 bits per heavy atom. The van der Waals surface area contributed by atoms with Crippen LogP contribution in [0.2, 0.25) is 0 Å². The second-order valence-corrected chi connectivity index (χ2v) is 14.3. The number of rotatable bonds is 9. The van der Waals surface area contributed by atoms with Gasteiger partial charge in [-0.3, -0.25) is 4.79 Å². The third kappa shape index (κ3) is 6.66. The van der Waals surface area contributed by atoms with Gasteiger partial charge < -0.3 is 10.2 Å². The Labute approximate surface area is 259 Å². The predicted octanol–water partition coefficient (Wildman–Crippen LogP) is 10.1. The zero-order valence-electron chi connectivity index (χ0n) is 26.1. The van der Waals surface area contributed by atoms with Crippen LogP contribution in [0.5, 0.6) is 5.75 Å². The molecule has 1 fully saturated rings. The summed E-state index contributed by atoms with van der Waals surface area (Å²) in [7, 11) is 0. The van der Waals surface area contributed by atoms with Gasteiger partial charge in [-0.05, 0) is 129 Å². The van der Waals surface area contributed by atoms with E-state index in [0.29, 0.717) is 29.9 Å². The van der Waals surface area contributed by atoms with E-state index in [0.717, 1.165) is 50.9 Å². The average molecular weight is 581 g/mol. The summed E-state index contributed by atoms with van der Waals surface area (Å²) in [5.41, 5.74) is 5.16. The van der Waals surface area contributed by atoms with Crippen molar-refractivity contribution in [3.05, 3.63) is 89.0 Å². The molecule has 6 unspecified atom stereocenters. The van der Waals surface area contributed by atoms with E-state index in [1.165, 1.54) is 80.0 Å². The van der Waals surface area contributed by atoms with Gasteiger partial charge in [-0.2, -0.15) is 0 Å². The van der Waals surface area contributed by atoms with Gasteiger partial charge >= 0.3 is 5.97 Å². The molecule has 4 aliphatic rings. The molecule has 3 heteroatoms. The molecule has 1 spiro atoms. The molecule has 2 bridgehead atoms. The summed E-state index contributed by atoms with van der Waals surface area (Å²) >= 11 is 0. The van der Waals surface area contributed by atoms with E-state index in [1.54, 1.807) is 0 Å². The summed E-state index contributed by atoms with van der Waals surface area (Å²) in [4.78, 5) is 13.0. The summed E-state index contributed by atoms with van der Waals surface area (Å²) in [6, 6.07) is 15.1. The second-order valence-electron chi connectivity index (χ2n) is 14.3. The number of benzene rings is 2. The van der Waals surface area contributed by atoms with Gasteiger partial charge in [-0.25, -0.2) is 0 Å². The zero-order valence-corrected chi connectivity index (χ0v) is 26.1. The van der Waals surface area contributed by atoms with Crippen LogP contribution >= 0.6 is 0 Å². The Morgan fingerprint density at radius 1 is 0.860 bits per heavy atom. The first-order valence-corrected chi connectivity index (χ1v) is 17.5. The summed E-state index contributed by atoms with van der Waals surface area (Å²) in [5.74, 6) is 1.47. The number of aliphatic carboxylic acids is 1. The number of carboxylic acid groups (broad SMARTS) is 1. The summed E-state index contributed by atoms with van der Waals surface area (Å²) < 4.78 is 0. The molecule has 230 valence electrons. The largest absolute Gasteiger partial charge is 0.508 e. The number of unbranched alkanes of at least 4 members (excludes halogenated alkanes) is 3. The van der Waals surface area contributed by atoms with Crippen LogP contribution in [0.25, 0.3) is 0 Å². The van der Waals surface area contributed by atoms with Crippen molar-refractivity contribution in [2.24, 2.45) is 23.7 Å². The van der Waals surface area contributed by atoms with Gasteiger partial charge in [0.25, 0.3) is 0 Å². The van der Waals surface area contributed by atoms with Crippen molar-refractivity contribution in [2.45, 2.75) is 120 Å². The molecule has 1 saturated carbocycles. The van der Waals surface area contributed by atoms with Crippen molar-refractivity contribution in [3.63, 3.8) is 0 Å². The second kappa shape index (κ2) is 13.9. The van der Waals surface area contributed by atoms with Crippen LogP contribution < -0.4 is 0 Å². The number of carbonyl (C=O) groups is 1. The van der Waals surface area contributed by atoms with Gasteiger partial charge in [0, 0.05) is 5.41 Å². The highest BCUT2D eigenvalue weighted by Crippen LogP contribution is 2.56. The number of aryl methyl sites for hydroxylation is 1. The predicted molar refractivity (Wildman–Crippen MR) is 176 cm³/mol. The van der Waals surface area contributed by atoms with Gasteiger partial charge in [-0.1, -0.05) is 93.2 Å². The maximum Gasteiger partial charge on any atom is 0.307 e. The summed E-state index contributed by atoms with van der Waals surface area (Å²) in [6.45, 7) is 0. The minimum absolute atomic E-state index is 0.251. The van der Waals surface area contributed by atoms with E-state index in [2.05, 4.69) is 54.6 Å². The van der Waals surface area contributed by atoms with E-state index in [-0.39, 0.29) is 11.3 Å². The Balaban J connectivity index is 1.28. The number of aromatic hydroxyl groups is 1. The Morgan fingerprint density at radius 3 is 2.47 bits per heavy atom. The average Bonchev–Trinajstić information content (AvgIpc) is 3.54. The number of hydrogen-bond acceptors (Lipinski definition) is 2.